The Labute approximate surface area is 101 Å². The van der Waals surface area contributed by atoms with Crippen LogP contribution in [0.15, 0.2) is 48.5 Å². The van der Waals surface area contributed by atoms with E-state index in [1.54, 1.807) is 12.1 Å². The van der Waals surface area contributed by atoms with Gasteiger partial charge in [-0.25, -0.2) is 0 Å². The fourth-order valence-electron chi connectivity index (χ4n) is 1.73. The number of benzene rings is 2. The standard InChI is InChI=1S/C14H11BO2/c1-2-11-7-9-12(10-8-11)13-5-3-4-6-14(13)15(16)17/h1,3-10,16-17H. The van der Waals surface area contributed by atoms with Gasteiger partial charge >= 0.3 is 7.12 Å². The summed E-state index contributed by atoms with van der Waals surface area (Å²) >= 11 is 0. The minimum atomic E-state index is -1.47. The van der Waals surface area contributed by atoms with Gasteiger partial charge in [0.1, 0.15) is 0 Å². The van der Waals surface area contributed by atoms with Gasteiger partial charge in [0.05, 0.1) is 0 Å². The molecule has 0 amide bonds. The van der Waals surface area contributed by atoms with E-state index in [-0.39, 0.29) is 0 Å². The summed E-state index contributed by atoms with van der Waals surface area (Å²) in [5.74, 6) is 2.54. The maximum absolute atomic E-state index is 9.29. The first-order valence-electron chi connectivity index (χ1n) is 5.24. The van der Waals surface area contributed by atoms with E-state index in [0.717, 1.165) is 16.7 Å². The number of hydrogen-bond acceptors (Lipinski definition) is 2. The largest absolute Gasteiger partial charge is 0.489 e. The van der Waals surface area contributed by atoms with Crippen LogP contribution in [0.5, 0.6) is 0 Å². The molecule has 0 radical (unpaired) electrons. The molecule has 0 heterocycles. The summed E-state index contributed by atoms with van der Waals surface area (Å²) in [4.78, 5) is 0. The summed E-state index contributed by atoms with van der Waals surface area (Å²) in [6, 6.07) is 14.6. The summed E-state index contributed by atoms with van der Waals surface area (Å²) in [5, 5.41) is 18.6. The smallest absolute Gasteiger partial charge is 0.423 e. The Balaban J connectivity index is 2.49. The number of rotatable bonds is 2. The van der Waals surface area contributed by atoms with Crippen molar-refractivity contribution in [3.8, 4) is 23.5 Å². The fraction of sp³-hybridized carbons (Fsp3) is 0. The molecule has 0 aliphatic heterocycles. The third-order valence-electron chi connectivity index (χ3n) is 2.60. The Bertz CT molecular complexity index is 553. The molecule has 2 nitrogen and oxygen atoms in total. The third kappa shape index (κ3) is 2.39. The van der Waals surface area contributed by atoms with Gasteiger partial charge in [-0.3, -0.25) is 0 Å². The molecule has 0 spiro atoms. The molecule has 3 heteroatoms. The highest BCUT2D eigenvalue weighted by Gasteiger charge is 2.15. The van der Waals surface area contributed by atoms with Crippen molar-refractivity contribution in [2.24, 2.45) is 0 Å². The van der Waals surface area contributed by atoms with Crippen molar-refractivity contribution in [3.63, 3.8) is 0 Å². The average Bonchev–Trinajstić information content (AvgIpc) is 2.39. The van der Waals surface area contributed by atoms with E-state index in [4.69, 9.17) is 6.42 Å². The van der Waals surface area contributed by atoms with E-state index in [0.29, 0.717) is 5.46 Å². The summed E-state index contributed by atoms with van der Waals surface area (Å²) in [6.07, 6.45) is 5.29. The third-order valence-corrected chi connectivity index (χ3v) is 2.60. The number of hydrogen-bond donors (Lipinski definition) is 2. The molecule has 0 aliphatic rings. The zero-order valence-corrected chi connectivity index (χ0v) is 9.17. The van der Waals surface area contributed by atoms with Gasteiger partial charge < -0.3 is 10.0 Å². The van der Waals surface area contributed by atoms with Crippen LogP contribution in [0.3, 0.4) is 0 Å². The second kappa shape index (κ2) is 4.88. The SMILES string of the molecule is C#Cc1ccc(-c2ccccc2B(O)O)cc1. The Morgan fingerprint density at radius 1 is 0.941 bits per heavy atom. The van der Waals surface area contributed by atoms with Crippen molar-refractivity contribution in [2.75, 3.05) is 0 Å². The van der Waals surface area contributed by atoms with Crippen molar-refractivity contribution in [3.05, 3.63) is 54.1 Å². The molecule has 2 rings (SSSR count). The first kappa shape index (κ1) is 11.5. The highest BCUT2D eigenvalue weighted by molar-refractivity contribution is 6.60. The minimum absolute atomic E-state index is 0.487. The normalized spacial score (nSPS) is 9.71. The topological polar surface area (TPSA) is 40.5 Å². The molecule has 0 aliphatic carbocycles. The zero-order valence-electron chi connectivity index (χ0n) is 9.17. The van der Waals surface area contributed by atoms with Crippen LogP contribution in [0, 0.1) is 12.3 Å². The molecule has 0 saturated carbocycles. The molecule has 82 valence electrons. The first-order chi connectivity index (χ1) is 8.22. The van der Waals surface area contributed by atoms with Crippen LogP contribution in [0.25, 0.3) is 11.1 Å². The zero-order chi connectivity index (χ0) is 12.3. The van der Waals surface area contributed by atoms with E-state index in [1.165, 1.54) is 0 Å². The monoisotopic (exact) mass is 222 g/mol. The Morgan fingerprint density at radius 3 is 2.18 bits per heavy atom. The van der Waals surface area contributed by atoms with Gasteiger partial charge in [0.2, 0.25) is 0 Å². The van der Waals surface area contributed by atoms with E-state index < -0.39 is 7.12 Å². The summed E-state index contributed by atoms with van der Waals surface area (Å²) in [5.41, 5.74) is 3.00. The molecule has 2 aromatic carbocycles. The molecule has 0 bridgehead atoms. The van der Waals surface area contributed by atoms with Crippen LogP contribution < -0.4 is 5.46 Å². The predicted molar refractivity (Wildman–Crippen MR) is 69.6 cm³/mol. The fourth-order valence-corrected chi connectivity index (χ4v) is 1.73. The predicted octanol–water partition coefficient (Wildman–Crippen LogP) is 1.01. The van der Waals surface area contributed by atoms with E-state index in [9.17, 15) is 10.0 Å². The summed E-state index contributed by atoms with van der Waals surface area (Å²) < 4.78 is 0. The molecule has 2 aromatic rings. The van der Waals surface area contributed by atoms with E-state index >= 15 is 0 Å². The molecule has 17 heavy (non-hydrogen) atoms. The molecule has 0 unspecified atom stereocenters. The van der Waals surface area contributed by atoms with Crippen LogP contribution in [0.1, 0.15) is 5.56 Å². The van der Waals surface area contributed by atoms with Gasteiger partial charge in [-0.05, 0) is 28.7 Å². The lowest BCUT2D eigenvalue weighted by Crippen LogP contribution is -2.31. The van der Waals surface area contributed by atoms with Gasteiger partial charge in [-0.15, -0.1) is 6.42 Å². The Kier molecular flexibility index (Phi) is 3.29. The second-order valence-electron chi connectivity index (χ2n) is 3.68. The first-order valence-corrected chi connectivity index (χ1v) is 5.24. The van der Waals surface area contributed by atoms with E-state index in [2.05, 4.69) is 5.92 Å². The minimum Gasteiger partial charge on any atom is -0.423 e. The van der Waals surface area contributed by atoms with Gasteiger partial charge in [0.15, 0.2) is 0 Å². The second-order valence-corrected chi connectivity index (χ2v) is 3.68. The lowest BCUT2D eigenvalue weighted by atomic mass is 9.75. The summed E-state index contributed by atoms with van der Waals surface area (Å²) in [6.45, 7) is 0. The lowest BCUT2D eigenvalue weighted by Gasteiger charge is -2.08. The molecule has 0 atom stereocenters. The molecule has 0 saturated heterocycles. The van der Waals surface area contributed by atoms with Crippen molar-refractivity contribution in [1.82, 2.24) is 0 Å². The van der Waals surface area contributed by atoms with Crippen LogP contribution in [-0.4, -0.2) is 17.2 Å². The van der Waals surface area contributed by atoms with Crippen molar-refractivity contribution in [1.29, 1.82) is 0 Å². The van der Waals surface area contributed by atoms with Crippen molar-refractivity contribution < 1.29 is 10.0 Å². The van der Waals surface area contributed by atoms with Crippen LogP contribution in [0.4, 0.5) is 0 Å². The van der Waals surface area contributed by atoms with Gasteiger partial charge in [-0.2, -0.15) is 0 Å². The maximum atomic E-state index is 9.29. The quantitative estimate of drug-likeness (QED) is 0.588. The molecular formula is C14H11BO2. The highest BCUT2D eigenvalue weighted by atomic mass is 16.4. The Morgan fingerprint density at radius 2 is 1.59 bits per heavy atom. The summed E-state index contributed by atoms with van der Waals surface area (Å²) in [7, 11) is -1.47. The molecule has 0 fully saturated rings. The highest BCUT2D eigenvalue weighted by Crippen LogP contribution is 2.17. The van der Waals surface area contributed by atoms with Crippen molar-refractivity contribution in [2.45, 2.75) is 0 Å². The molecule has 2 N–H and O–H groups in total. The van der Waals surface area contributed by atoms with Gasteiger partial charge in [0.25, 0.3) is 0 Å². The van der Waals surface area contributed by atoms with Crippen LogP contribution in [0.2, 0.25) is 0 Å². The van der Waals surface area contributed by atoms with Crippen LogP contribution in [-0.2, 0) is 0 Å². The van der Waals surface area contributed by atoms with E-state index in [1.807, 2.05) is 36.4 Å². The number of terminal acetylenes is 1. The Hall–Kier alpha value is -2.02. The average molecular weight is 222 g/mol. The van der Waals surface area contributed by atoms with Gasteiger partial charge in [-0.1, -0.05) is 42.3 Å². The molecule has 0 aromatic heterocycles. The maximum Gasteiger partial charge on any atom is 0.489 e. The van der Waals surface area contributed by atoms with Gasteiger partial charge in [0, 0.05) is 5.56 Å². The van der Waals surface area contributed by atoms with Crippen molar-refractivity contribution >= 4 is 12.6 Å². The lowest BCUT2D eigenvalue weighted by molar-refractivity contribution is 0.426. The molecular weight excluding hydrogens is 211 g/mol. The van der Waals surface area contributed by atoms with Crippen LogP contribution >= 0.6 is 0 Å².